The molecule has 5 rings (SSSR count). The zero-order chi connectivity index (χ0) is 21.6. The van der Waals surface area contributed by atoms with Gasteiger partial charge in [0.1, 0.15) is 6.54 Å². The molecule has 2 aromatic carbocycles. The number of Topliss-reactive ketones (excluding diaryl/α,β-unsaturated/α-hetero) is 1. The van der Waals surface area contributed by atoms with Gasteiger partial charge in [-0.15, -0.1) is 11.3 Å². The third-order valence-electron chi connectivity index (χ3n) is 6.12. The summed E-state index contributed by atoms with van der Waals surface area (Å²) in [5.74, 6) is 0.214. The van der Waals surface area contributed by atoms with Crippen LogP contribution in [-0.2, 0) is 24.2 Å². The van der Waals surface area contributed by atoms with Gasteiger partial charge in [0.15, 0.2) is 5.78 Å². The van der Waals surface area contributed by atoms with Crippen molar-refractivity contribution < 1.29 is 4.79 Å². The monoisotopic (exact) mass is 427 g/mol. The lowest BCUT2D eigenvalue weighted by Gasteiger charge is -2.22. The Bertz CT molecular complexity index is 1250. The number of carbonyl (C=O) groups is 1. The van der Waals surface area contributed by atoms with Gasteiger partial charge in [0.05, 0.1) is 22.1 Å². The molecule has 0 radical (unpaired) electrons. The Morgan fingerprint density at radius 3 is 2.55 bits per heavy atom. The van der Waals surface area contributed by atoms with Crippen LogP contribution in [0.3, 0.4) is 0 Å². The third-order valence-corrected chi connectivity index (χ3v) is 7.14. The van der Waals surface area contributed by atoms with E-state index in [0.717, 1.165) is 46.1 Å². The van der Waals surface area contributed by atoms with Gasteiger partial charge < -0.3 is 0 Å². The molecule has 156 valence electrons. The molecule has 0 amide bonds. The van der Waals surface area contributed by atoms with Crippen LogP contribution in [-0.4, -0.2) is 20.5 Å². The fourth-order valence-corrected chi connectivity index (χ4v) is 5.56. The number of benzene rings is 2. The number of thiazole rings is 1. The van der Waals surface area contributed by atoms with Crippen LogP contribution in [0.1, 0.15) is 28.1 Å². The van der Waals surface area contributed by atoms with Crippen LogP contribution >= 0.6 is 11.3 Å². The minimum absolute atomic E-state index is 0.214. The maximum absolute atomic E-state index is 13.5. The third kappa shape index (κ3) is 3.74. The summed E-state index contributed by atoms with van der Waals surface area (Å²) >= 11 is 1.72. The smallest absolute Gasteiger partial charge is 0.160 e. The number of carbonyl (C=O) groups excluding carboxylic acids is 1. The second-order valence-electron chi connectivity index (χ2n) is 8.75. The summed E-state index contributed by atoms with van der Waals surface area (Å²) in [7, 11) is 0. The van der Waals surface area contributed by atoms with Gasteiger partial charge in [-0.05, 0) is 38.0 Å². The van der Waals surface area contributed by atoms with Crippen molar-refractivity contribution in [1.82, 2.24) is 14.8 Å². The molecule has 2 heterocycles. The number of aromatic nitrogens is 3. The molecule has 4 nitrogen and oxygen atoms in total. The van der Waals surface area contributed by atoms with Crippen molar-refractivity contribution in [1.29, 1.82) is 0 Å². The van der Waals surface area contributed by atoms with Crippen LogP contribution in [0.4, 0.5) is 0 Å². The average Bonchev–Trinajstić information content (AvgIpc) is 3.40. The van der Waals surface area contributed by atoms with E-state index in [1.54, 1.807) is 11.3 Å². The Labute approximate surface area is 186 Å². The highest BCUT2D eigenvalue weighted by atomic mass is 32.1. The molecular formula is C26H25N3OS. The van der Waals surface area contributed by atoms with Crippen molar-refractivity contribution in [2.75, 3.05) is 0 Å². The topological polar surface area (TPSA) is 47.8 Å². The van der Waals surface area contributed by atoms with Gasteiger partial charge in [0, 0.05) is 22.3 Å². The van der Waals surface area contributed by atoms with Crippen LogP contribution in [0.15, 0.2) is 60.7 Å². The van der Waals surface area contributed by atoms with Gasteiger partial charge in [-0.1, -0.05) is 61.0 Å². The molecule has 4 aromatic rings. The number of ketones is 1. The van der Waals surface area contributed by atoms with Crippen LogP contribution < -0.4 is 0 Å². The van der Waals surface area contributed by atoms with E-state index in [0.29, 0.717) is 0 Å². The van der Waals surface area contributed by atoms with Crippen molar-refractivity contribution in [3.63, 3.8) is 0 Å². The van der Waals surface area contributed by atoms with Crippen LogP contribution in [0.2, 0.25) is 0 Å². The number of hydrogen-bond donors (Lipinski definition) is 0. The van der Waals surface area contributed by atoms with Crippen molar-refractivity contribution in [3.05, 3.63) is 81.8 Å². The van der Waals surface area contributed by atoms with E-state index in [9.17, 15) is 4.79 Å². The molecule has 0 spiro atoms. The lowest BCUT2D eigenvalue weighted by atomic mass is 9.83. The van der Waals surface area contributed by atoms with Gasteiger partial charge >= 0.3 is 0 Å². The molecule has 1 unspecified atom stereocenters. The van der Waals surface area contributed by atoms with Crippen LogP contribution in [0.25, 0.3) is 22.5 Å². The molecule has 5 heteroatoms. The fourth-order valence-electron chi connectivity index (χ4n) is 4.42. The molecule has 1 atom stereocenters. The molecule has 0 saturated carbocycles. The summed E-state index contributed by atoms with van der Waals surface area (Å²) in [5.41, 5.74) is 5.87. The van der Waals surface area contributed by atoms with Crippen LogP contribution in [0.5, 0.6) is 0 Å². The summed E-state index contributed by atoms with van der Waals surface area (Å²) in [5, 5.41) is 5.96. The molecule has 1 aliphatic rings. The van der Waals surface area contributed by atoms with Crippen molar-refractivity contribution >= 4 is 17.1 Å². The summed E-state index contributed by atoms with van der Waals surface area (Å²) in [6.45, 7) is 6.45. The molecule has 0 bridgehead atoms. The van der Waals surface area contributed by atoms with Crippen molar-refractivity contribution in [3.8, 4) is 22.5 Å². The quantitative estimate of drug-likeness (QED) is 0.413. The number of rotatable bonds is 5. The summed E-state index contributed by atoms with van der Waals surface area (Å²) < 4.78 is 1.88. The van der Waals surface area contributed by atoms with Gasteiger partial charge in [-0.3, -0.25) is 9.48 Å². The maximum Gasteiger partial charge on any atom is 0.160 e. The summed E-state index contributed by atoms with van der Waals surface area (Å²) in [6, 6.07) is 20.6. The molecule has 2 aromatic heterocycles. The van der Waals surface area contributed by atoms with E-state index in [-0.39, 0.29) is 12.3 Å². The Morgan fingerprint density at radius 1 is 1.03 bits per heavy atom. The number of fused-ring (bicyclic) bond motifs is 1. The highest BCUT2D eigenvalue weighted by Crippen LogP contribution is 2.40. The molecule has 0 fully saturated rings. The minimum Gasteiger partial charge on any atom is -0.297 e. The number of nitrogens with zero attached hydrogens (tertiary/aromatic N) is 3. The first-order valence-corrected chi connectivity index (χ1v) is 11.4. The SMILES string of the molecule is Cc1cccc(-c2cc(-c3ccccc3)n(CC(=O)C3(C)Cc4nc(C)sc4C3)n2)c1. The second-order valence-corrected chi connectivity index (χ2v) is 10.0. The highest BCUT2D eigenvalue weighted by Gasteiger charge is 2.41. The predicted molar refractivity (Wildman–Crippen MR) is 125 cm³/mol. The molecule has 0 saturated heterocycles. The zero-order valence-corrected chi connectivity index (χ0v) is 18.9. The van der Waals surface area contributed by atoms with E-state index in [1.807, 2.05) is 35.9 Å². The minimum atomic E-state index is -0.411. The Hall–Kier alpha value is -3.05. The van der Waals surface area contributed by atoms with E-state index in [1.165, 1.54) is 10.4 Å². The van der Waals surface area contributed by atoms with Gasteiger partial charge in [-0.2, -0.15) is 5.10 Å². The zero-order valence-electron chi connectivity index (χ0n) is 18.1. The first kappa shape index (κ1) is 19.9. The summed E-state index contributed by atoms with van der Waals surface area (Å²) in [4.78, 5) is 19.4. The van der Waals surface area contributed by atoms with E-state index < -0.39 is 5.41 Å². The standard InChI is InChI=1S/C26H25N3OS/c1-17-8-7-11-20(12-17)21-13-23(19-9-5-4-6-10-19)29(28-21)16-25(30)26(3)14-22-24(15-26)31-18(2)27-22/h4-13H,14-16H2,1-3H3. The molecule has 31 heavy (non-hydrogen) atoms. The Balaban J connectivity index is 1.49. The largest absolute Gasteiger partial charge is 0.297 e. The first-order valence-electron chi connectivity index (χ1n) is 10.6. The van der Waals surface area contributed by atoms with Gasteiger partial charge in [0.2, 0.25) is 0 Å². The Kier molecular flexibility index (Phi) is 4.86. The maximum atomic E-state index is 13.5. The van der Waals surface area contributed by atoms with Gasteiger partial charge in [0.25, 0.3) is 0 Å². The first-order chi connectivity index (χ1) is 14.9. The summed E-state index contributed by atoms with van der Waals surface area (Å²) in [6.07, 6.45) is 1.50. The molecule has 0 N–H and O–H groups in total. The lowest BCUT2D eigenvalue weighted by molar-refractivity contribution is -0.128. The van der Waals surface area contributed by atoms with Gasteiger partial charge in [-0.25, -0.2) is 4.98 Å². The molecular weight excluding hydrogens is 402 g/mol. The highest BCUT2D eigenvalue weighted by molar-refractivity contribution is 7.11. The van der Waals surface area contributed by atoms with E-state index >= 15 is 0 Å². The second kappa shape index (κ2) is 7.57. The van der Waals surface area contributed by atoms with E-state index in [2.05, 4.69) is 55.2 Å². The molecule has 1 aliphatic carbocycles. The van der Waals surface area contributed by atoms with Crippen molar-refractivity contribution in [2.24, 2.45) is 5.41 Å². The average molecular weight is 428 g/mol. The number of hydrogen-bond acceptors (Lipinski definition) is 4. The number of aryl methyl sites for hydroxylation is 2. The predicted octanol–water partition coefficient (Wildman–Crippen LogP) is 5.66. The lowest BCUT2D eigenvalue weighted by Crippen LogP contribution is -2.32. The molecule has 0 aliphatic heterocycles. The Morgan fingerprint density at radius 2 is 1.81 bits per heavy atom. The fraction of sp³-hybridized carbons (Fsp3) is 0.269. The normalized spacial score (nSPS) is 17.6. The van der Waals surface area contributed by atoms with Crippen molar-refractivity contribution in [2.45, 2.75) is 40.2 Å². The van der Waals surface area contributed by atoms with E-state index in [4.69, 9.17) is 5.10 Å². The van der Waals surface area contributed by atoms with Crippen LogP contribution in [0, 0.1) is 19.3 Å².